The lowest BCUT2D eigenvalue weighted by atomic mass is 9.89. The van der Waals surface area contributed by atoms with Crippen LogP contribution in [0.4, 0.5) is 5.95 Å². The van der Waals surface area contributed by atoms with Crippen LogP contribution in [0.15, 0.2) is 16.7 Å². The number of aromatic nitrogens is 3. The summed E-state index contributed by atoms with van der Waals surface area (Å²) in [5.41, 5.74) is 6.72. The van der Waals surface area contributed by atoms with Gasteiger partial charge in [0.05, 0.1) is 11.8 Å². The SMILES string of the molecule is Cc1occc1-c1nc(N)nc(C2CCCCC2)n1. The molecule has 100 valence electrons. The molecule has 0 aromatic carbocycles. The number of nitrogens with two attached hydrogens (primary N) is 1. The molecule has 0 amide bonds. The number of nitrogens with zero attached hydrogens (tertiary/aromatic N) is 3. The number of hydrogen-bond acceptors (Lipinski definition) is 5. The summed E-state index contributed by atoms with van der Waals surface area (Å²) < 4.78 is 5.30. The standard InChI is InChI=1S/C14H18N4O/c1-9-11(7-8-19-9)13-16-12(17-14(15)18-13)10-5-3-2-4-6-10/h7-8,10H,2-6H2,1H3,(H2,15,16,17,18). The summed E-state index contributed by atoms with van der Waals surface area (Å²) >= 11 is 0. The molecule has 2 aromatic heterocycles. The van der Waals surface area contributed by atoms with E-state index in [0.29, 0.717) is 17.7 Å². The topological polar surface area (TPSA) is 77.8 Å². The first kappa shape index (κ1) is 12.1. The van der Waals surface area contributed by atoms with Gasteiger partial charge in [-0.05, 0) is 25.8 Å². The zero-order chi connectivity index (χ0) is 13.2. The second-order valence-electron chi connectivity index (χ2n) is 5.10. The van der Waals surface area contributed by atoms with Gasteiger partial charge in [0.1, 0.15) is 11.6 Å². The van der Waals surface area contributed by atoms with Crippen LogP contribution in [0.1, 0.15) is 49.6 Å². The lowest BCUT2D eigenvalue weighted by Crippen LogP contribution is -2.12. The predicted octanol–water partition coefficient (Wildman–Crippen LogP) is 3.07. The molecule has 0 unspecified atom stereocenters. The van der Waals surface area contributed by atoms with Crippen LogP contribution in [0.2, 0.25) is 0 Å². The van der Waals surface area contributed by atoms with Crippen LogP contribution in [0.3, 0.4) is 0 Å². The zero-order valence-electron chi connectivity index (χ0n) is 11.1. The number of nitrogen functional groups attached to an aromatic ring is 1. The summed E-state index contributed by atoms with van der Waals surface area (Å²) in [4.78, 5) is 13.1. The van der Waals surface area contributed by atoms with Crippen LogP contribution < -0.4 is 5.73 Å². The van der Waals surface area contributed by atoms with Gasteiger partial charge >= 0.3 is 0 Å². The van der Waals surface area contributed by atoms with Gasteiger partial charge in [-0.2, -0.15) is 9.97 Å². The van der Waals surface area contributed by atoms with Gasteiger partial charge in [0.2, 0.25) is 5.95 Å². The molecule has 1 saturated carbocycles. The Labute approximate surface area is 112 Å². The van der Waals surface area contributed by atoms with Crippen molar-refractivity contribution in [3.63, 3.8) is 0 Å². The number of anilines is 1. The van der Waals surface area contributed by atoms with Crippen molar-refractivity contribution in [1.82, 2.24) is 15.0 Å². The number of furan rings is 1. The first-order chi connectivity index (χ1) is 9.24. The summed E-state index contributed by atoms with van der Waals surface area (Å²) in [7, 11) is 0. The molecule has 1 fully saturated rings. The minimum Gasteiger partial charge on any atom is -0.469 e. The molecule has 1 aliphatic carbocycles. The van der Waals surface area contributed by atoms with E-state index in [1.54, 1.807) is 6.26 Å². The van der Waals surface area contributed by atoms with E-state index in [1.165, 1.54) is 19.3 Å². The van der Waals surface area contributed by atoms with Gasteiger partial charge in [0.15, 0.2) is 5.82 Å². The molecule has 2 N–H and O–H groups in total. The van der Waals surface area contributed by atoms with E-state index in [4.69, 9.17) is 10.2 Å². The summed E-state index contributed by atoms with van der Waals surface area (Å²) in [6, 6.07) is 1.87. The van der Waals surface area contributed by atoms with Crippen molar-refractivity contribution in [1.29, 1.82) is 0 Å². The highest BCUT2D eigenvalue weighted by Crippen LogP contribution is 2.32. The largest absolute Gasteiger partial charge is 0.469 e. The number of aryl methyl sites for hydroxylation is 1. The first-order valence-electron chi connectivity index (χ1n) is 6.80. The molecule has 0 atom stereocenters. The molecular weight excluding hydrogens is 240 g/mol. The fourth-order valence-corrected chi connectivity index (χ4v) is 2.69. The van der Waals surface area contributed by atoms with Crippen LogP contribution in [-0.4, -0.2) is 15.0 Å². The van der Waals surface area contributed by atoms with Gasteiger partial charge in [0.25, 0.3) is 0 Å². The van der Waals surface area contributed by atoms with Crippen molar-refractivity contribution in [2.45, 2.75) is 44.9 Å². The zero-order valence-corrected chi connectivity index (χ0v) is 11.1. The molecule has 0 aliphatic heterocycles. The Morgan fingerprint density at radius 1 is 1.16 bits per heavy atom. The average molecular weight is 258 g/mol. The molecule has 0 saturated heterocycles. The average Bonchev–Trinajstić information content (AvgIpc) is 2.85. The molecule has 1 aliphatic rings. The molecule has 5 heteroatoms. The van der Waals surface area contributed by atoms with Crippen molar-refractivity contribution < 1.29 is 4.42 Å². The van der Waals surface area contributed by atoms with Gasteiger partial charge in [-0.25, -0.2) is 4.98 Å². The van der Waals surface area contributed by atoms with E-state index < -0.39 is 0 Å². The van der Waals surface area contributed by atoms with E-state index in [2.05, 4.69) is 15.0 Å². The normalized spacial score (nSPS) is 16.7. The fraction of sp³-hybridized carbons (Fsp3) is 0.500. The monoisotopic (exact) mass is 258 g/mol. The van der Waals surface area contributed by atoms with E-state index in [-0.39, 0.29) is 0 Å². The molecule has 0 radical (unpaired) electrons. The lowest BCUT2D eigenvalue weighted by molar-refractivity contribution is 0.428. The smallest absolute Gasteiger partial charge is 0.223 e. The summed E-state index contributed by atoms with van der Waals surface area (Å²) in [6.07, 6.45) is 7.74. The van der Waals surface area contributed by atoms with Crippen LogP contribution in [0, 0.1) is 6.92 Å². The quantitative estimate of drug-likeness (QED) is 0.895. The molecule has 2 aromatic rings. The molecule has 19 heavy (non-hydrogen) atoms. The second-order valence-corrected chi connectivity index (χ2v) is 5.10. The van der Waals surface area contributed by atoms with Gasteiger partial charge < -0.3 is 10.2 Å². The number of rotatable bonds is 2. The first-order valence-corrected chi connectivity index (χ1v) is 6.80. The molecule has 0 spiro atoms. The Bertz CT molecular complexity index is 573. The Morgan fingerprint density at radius 2 is 1.95 bits per heavy atom. The maximum Gasteiger partial charge on any atom is 0.223 e. The summed E-state index contributed by atoms with van der Waals surface area (Å²) in [5, 5.41) is 0. The van der Waals surface area contributed by atoms with Gasteiger partial charge in [-0.15, -0.1) is 0 Å². The third kappa shape index (κ3) is 2.45. The predicted molar refractivity (Wildman–Crippen MR) is 72.5 cm³/mol. The molecule has 0 bridgehead atoms. The fourth-order valence-electron chi connectivity index (χ4n) is 2.69. The van der Waals surface area contributed by atoms with Gasteiger partial charge in [-0.3, -0.25) is 0 Å². The van der Waals surface area contributed by atoms with Gasteiger partial charge in [0, 0.05) is 5.92 Å². The van der Waals surface area contributed by atoms with Crippen LogP contribution in [0.5, 0.6) is 0 Å². The Kier molecular flexibility index (Phi) is 3.19. The third-order valence-corrected chi connectivity index (χ3v) is 3.74. The molecule has 5 nitrogen and oxygen atoms in total. The van der Waals surface area contributed by atoms with Crippen molar-refractivity contribution in [3.8, 4) is 11.4 Å². The lowest BCUT2D eigenvalue weighted by Gasteiger charge is -2.20. The maximum absolute atomic E-state index is 5.83. The number of hydrogen-bond donors (Lipinski definition) is 1. The molecule has 2 heterocycles. The highest BCUT2D eigenvalue weighted by atomic mass is 16.3. The minimum atomic E-state index is 0.297. The molecular formula is C14H18N4O. The van der Waals surface area contributed by atoms with E-state index in [1.807, 2.05) is 13.0 Å². The molecule has 3 rings (SSSR count). The highest BCUT2D eigenvalue weighted by molar-refractivity contribution is 5.57. The van der Waals surface area contributed by atoms with E-state index in [9.17, 15) is 0 Å². The summed E-state index contributed by atoms with van der Waals surface area (Å²) in [5.74, 6) is 2.98. The van der Waals surface area contributed by atoms with Gasteiger partial charge in [-0.1, -0.05) is 19.3 Å². The highest BCUT2D eigenvalue weighted by Gasteiger charge is 2.20. The van der Waals surface area contributed by atoms with E-state index >= 15 is 0 Å². The minimum absolute atomic E-state index is 0.297. The van der Waals surface area contributed by atoms with Crippen molar-refractivity contribution in [2.75, 3.05) is 5.73 Å². The second kappa shape index (κ2) is 4.99. The van der Waals surface area contributed by atoms with Crippen LogP contribution >= 0.6 is 0 Å². The Hall–Kier alpha value is -1.91. The Morgan fingerprint density at radius 3 is 2.63 bits per heavy atom. The Balaban J connectivity index is 1.98. The van der Waals surface area contributed by atoms with Crippen LogP contribution in [0.25, 0.3) is 11.4 Å². The summed E-state index contributed by atoms with van der Waals surface area (Å²) in [6.45, 7) is 1.90. The maximum atomic E-state index is 5.83. The van der Waals surface area contributed by atoms with Crippen LogP contribution in [-0.2, 0) is 0 Å². The third-order valence-electron chi connectivity index (χ3n) is 3.74. The van der Waals surface area contributed by atoms with Crippen molar-refractivity contribution in [3.05, 3.63) is 23.9 Å². The van der Waals surface area contributed by atoms with E-state index in [0.717, 1.165) is 30.0 Å². The van der Waals surface area contributed by atoms with Crippen molar-refractivity contribution >= 4 is 5.95 Å². The van der Waals surface area contributed by atoms with Crippen molar-refractivity contribution in [2.24, 2.45) is 0 Å².